The smallest absolute Gasteiger partial charge is 0.254 e. The number of halogens is 2. The summed E-state index contributed by atoms with van der Waals surface area (Å²) in [7, 11) is 0. The third kappa shape index (κ3) is 3.75. The number of nitrogens with one attached hydrogen (secondary N) is 1. The predicted molar refractivity (Wildman–Crippen MR) is 76.6 cm³/mol. The summed E-state index contributed by atoms with van der Waals surface area (Å²) in [5, 5.41) is 2.47. The molecule has 2 rings (SSSR count). The standard InChI is InChI=1S/C15H15F2N3O2/c1-2-11-8-14(21)20(9-19-11)6-5-18-15(22)12-4-3-10(16)7-13(12)17/h3-4,7-9H,2,5-6H2,1H3,(H,18,22). The molecule has 0 atom stereocenters. The van der Waals surface area contributed by atoms with Gasteiger partial charge in [-0.3, -0.25) is 14.2 Å². The van der Waals surface area contributed by atoms with Crippen LogP contribution in [0.3, 0.4) is 0 Å². The highest BCUT2D eigenvalue weighted by Crippen LogP contribution is 2.09. The van der Waals surface area contributed by atoms with Crippen LogP contribution in [0.4, 0.5) is 8.78 Å². The monoisotopic (exact) mass is 307 g/mol. The van der Waals surface area contributed by atoms with Crippen LogP contribution in [0.15, 0.2) is 35.4 Å². The summed E-state index contributed by atoms with van der Waals surface area (Å²) in [6, 6.07) is 4.16. The average molecular weight is 307 g/mol. The lowest BCUT2D eigenvalue weighted by atomic mass is 10.2. The molecule has 116 valence electrons. The zero-order chi connectivity index (χ0) is 16.1. The highest BCUT2D eigenvalue weighted by atomic mass is 19.1. The molecule has 0 spiro atoms. The first-order valence-electron chi connectivity index (χ1n) is 6.80. The number of nitrogens with zero attached hydrogens (tertiary/aromatic N) is 2. The van der Waals surface area contributed by atoms with E-state index in [0.717, 1.165) is 12.1 Å². The Morgan fingerprint density at radius 3 is 2.73 bits per heavy atom. The number of hydrogen-bond acceptors (Lipinski definition) is 3. The van der Waals surface area contributed by atoms with Crippen LogP contribution in [0, 0.1) is 11.6 Å². The van der Waals surface area contributed by atoms with Crippen molar-refractivity contribution in [1.29, 1.82) is 0 Å². The minimum atomic E-state index is -0.927. The highest BCUT2D eigenvalue weighted by Gasteiger charge is 2.11. The van der Waals surface area contributed by atoms with Crippen molar-refractivity contribution >= 4 is 5.91 Å². The van der Waals surface area contributed by atoms with Gasteiger partial charge >= 0.3 is 0 Å². The lowest BCUT2D eigenvalue weighted by Crippen LogP contribution is -2.31. The van der Waals surface area contributed by atoms with Crippen LogP contribution in [0.5, 0.6) is 0 Å². The van der Waals surface area contributed by atoms with Crippen molar-refractivity contribution in [3.05, 3.63) is 63.8 Å². The first kappa shape index (κ1) is 15.8. The normalized spacial score (nSPS) is 10.5. The van der Waals surface area contributed by atoms with Crippen LogP contribution >= 0.6 is 0 Å². The summed E-state index contributed by atoms with van der Waals surface area (Å²) in [5.41, 5.74) is 0.237. The Morgan fingerprint density at radius 1 is 1.32 bits per heavy atom. The second-order valence-corrected chi connectivity index (χ2v) is 4.65. The van der Waals surface area contributed by atoms with E-state index in [0.29, 0.717) is 18.2 Å². The molecule has 0 saturated heterocycles. The van der Waals surface area contributed by atoms with Crippen molar-refractivity contribution in [2.24, 2.45) is 0 Å². The minimum Gasteiger partial charge on any atom is -0.350 e. The van der Waals surface area contributed by atoms with Gasteiger partial charge in [-0.2, -0.15) is 0 Å². The summed E-state index contributed by atoms with van der Waals surface area (Å²) in [6.07, 6.45) is 2.07. The number of aromatic nitrogens is 2. The van der Waals surface area contributed by atoms with Gasteiger partial charge in [0.05, 0.1) is 11.9 Å². The van der Waals surface area contributed by atoms with Gasteiger partial charge in [0.25, 0.3) is 11.5 Å². The third-order valence-electron chi connectivity index (χ3n) is 3.11. The predicted octanol–water partition coefficient (Wildman–Crippen LogP) is 1.51. The van der Waals surface area contributed by atoms with Gasteiger partial charge in [0.1, 0.15) is 11.6 Å². The van der Waals surface area contributed by atoms with Gasteiger partial charge in [0.15, 0.2) is 0 Å². The van der Waals surface area contributed by atoms with Crippen LogP contribution < -0.4 is 10.9 Å². The van der Waals surface area contributed by atoms with E-state index in [1.54, 1.807) is 0 Å². The SMILES string of the molecule is CCc1cc(=O)n(CCNC(=O)c2ccc(F)cc2F)cn1. The molecule has 0 aliphatic rings. The number of aryl methyl sites for hydroxylation is 1. The van der Waals surface area contributed by atoms with Crippen LogP contribution in [-0.2, 0) is 13.0 Å². The van der Waals surface area contributed by atoms with Gasteiger partial charge in [-0.15, -0.1) is 0 Å². The molecule has 0 unspecified atom stereocenters. The van der Waals surface area contributed by atoms with Gasteiger partial charge in [-0.1, -0.05) is 6.92 Å². The van der Waals surface area contributed by atoms with Crippen molar-refractivity contribution in [1.82, 2.24) is 14.9 Å². The van der Waals surface area contributed by atoms with Gasteiger partial charge in [0, 0.05) is 30.9 Å². The molecule has 1 aromatic heterocycles. The second kappa shape index (κ2) is 6.93. The number of rotatable bonds is 5. The van der Waals surface area contributed by atoms with E-state index in [1.807, 2.05) is 6.92 Å². The largest absolute Gasteiger partial charge is 0.350 e. The minimum absolute atomic E-state index is 0.128. The lowest BCUT2D eigenvalue weighted by molar-refractivity contribution is 0.0948. The van der Waals surface area contributed by atoms with E-state index < -0.39 is 17.5 Å². The highest BCUT2D eigenvalue weighted by molar-refractivity contribution is 5.94. The molecule has 2 aromatic rings. The molecule has 7 heteroatoms. The van der Waals surface area contributed by atoms with E-state index in [-0.39, 0.29) is 24.2 Å². The maximum absolute atomic E-state index is 13.4. The fourth-order valence-corrected chi connectivity index (χ4v) is 1.88. The molecular weight excluding hydrogens is 292 g/mol. The van der Waals surface area contributed by atoms with Crippen molar-refractivity contribution in [2.45, 2.75) is 19.9 Å². The topological polar surface area (TPSA) is 64.0 Å². The third-order valence-corrected chi connectivity index (χ3v) is 3.11. The van der Waals surface area contributed by atoms with Gasteiger partial charge in [0.2, 0.25) is 0 Å². The number of hydrogen-bond donors (Lipinski definition) is 1. The van der Waals surface area contributed by atoms with Crippen molar-refractivity contribution in [3.8, 4) is 0 Å². The molecule has 0 aliphatic carbocycles. The quantitative estimate of drug-likeness (QED) is 0.911. The zero-order valence-corrected chi connectivity index (χ0v) is 12.0. The summed E-state index contributed by atoms with van der Waals surface area (Å²) in [4.78, 5) is 27.6. The average Bonchev–Trinajstić information content (AvgIpc) is 2.48. The fourth-order valence-electron chi connectivity index (χ4n) is 1.88. The van der Waals surface area contributed by atoms with Gasteiger partial charge < -0.3 is 5.32 Å². The Kier molecular flexibility index (Phi) is 4.98. The Labute approximate surface area is 125 Å². The van der Waals surface area contributed by atoms with Gasteiger partial charge in [-0.25, -0.2) is 13.8 Å². The molecule has 0 aliphatic heterocycles. The Hall–Kier alpha value is -2.57. The van der Waals surface area contributed by atoms with E-state index in [2.05, 4.69) is 10.3 Å². The molecule has 1 heterocycles. The molecule has 0 saturated carbocycles. The van der Waals surface area contributed by atoms with E-state index >= 15 is 0 Å². The summed E-state index contributed by atoms with van der Waals surface area (Å²) < 4.78 is 27.6. The Bertz CT molecular complexity index is 744. The van der Waals surface area contributed by atoms with E-state index in [1.165, 1.54) is 17.0 Å². The fraction of sp³-hybridized carbons (Fsp3) is 0.267. The van der Waals surface area contributed by atoms with Crippen molar-refractivity contribution in [2.75, 3.05) is 6.54 Å². The lowest BCUT2D eigenvalue weighted by Gasteiger charge is -2.08. The summed E-state index contributed by atoms with van der Waals surface area (Å²) in [5.74, 6) is -2.34. The number of benzene rings is 1. The molecule has 22 heavy (non-hydrogen) atoms. The molecular formula is C15H15F2N3O2. The first-order chi connectivity index (χ1) is 10.5. The molecule has 0 radical (unpaired) electrons. The zero-order valence-electron chi connectivity index (χ0n) is 12.0. The first-order valence-corrected chi connectivity index (χ1v) is 6.80. The van der Waals surface area contributed by atoms with Crippen LogP contribution in [0.25, 0.3) is 0 Å². The number of carbonyl (C=O) groups is 1. The maximum atomic E-state index is 13.4. The second-order valence-electron chi connectivity index (χ2n) is 4.65. The van der Waals surface area contributed by atoms with E-state index in [9.17, 15) is 18.4 Å². The Balaban J connectivity index is 1.96. The van der Waals surface area contributed by atoms with Crippen LogP contribution in [-0.4, -0.2) is 22.0 Å². The molecule has 0 bridgehead atoms. The summed E-state index contributed by atoms with van der Waals surface area (Å²) in [6.45, 7) is 2.23. The van der Waals surface area contributed by atoms with Crippen LogP contribution in [0.1, 0.15) is 23.0 Å². The molecule has 1 amide bonds. The van der Waals surface area contributed by atoms with Gasteiger partial charge in [-0.05, 0) is 18.6 Å². The number of carbonyl (C=O) groups excluding carboxylic acids is 1. The number of amides is 1. The molecule has 1 aromatic carbocycles. The van der Waals surface area contributed by atoms with Crippen molar-refractivity contribution < 1.29 is 13.6 Å². The molecule has 1 N–H and O–H groups in total. The van der Waals surface area contributed by atoms with Crippen molar-refractivity contribution in [3.63, 3.8) is 0 Å². The van der Waals surface area contributed by atoms with Crippen LogP contribution in [0.2, 0.25) is 0 Å². The Morgan fingerprint density at radius 2 is 2.09 bits per heavy atom. The summed E-state index contributed by atoms with van der Waals surface area (Å²) >= 11 is 0. The molecule has 5 nitrogen and oxygen atoms in total. The van der Waals surface area contributed by atoms with E-state index in [4.69, 9.17) is 0 Å². The maximum Gasteiger partial charge on any atom is 0.254 e. The molecule has 0 fully saturated rings.